The predicted octanol–water partition coefficient (Wildman–Crippen LogP) is 3.17. The summed E-state index contributed by atoms with van der Waals surface area (Å²) in [4.78, 5) is 2.28. The highest BCUT2D eigenvalue weighted by Gasteiger charge is 2.18. The van der Waals surface area contributed by atoms with Gasteiger partial charge in [-0.2, -0.15) is 0 Å². The van der Waals surface area contributed by atoms with E-state index in [0.29, 0.717) is 12.0 Å². The Labute approximate surface area is 106 Å². The Bertz CT molecular complexity index is 208. The van der Waals surface area contributed by atoms with Gasteiger partial charge >= 0.3 is 0 Å². The molecular formula is C13H26N2S. The SMILES string of the molecule is CC(C)CNC(=S)N(C)C1CCCCCC1. The van der Waals surface area contributed by atoms with Gasteiger partial charge in [-0.15, -0.1) is 0 Å². The van der Waals surface area contributed by atoms with Gasteiger partial charge in [-0.05, 0) is 31.0 Å². The molecule has 0 aromatic heterocycles. The molecule has 0 amide bonds. The van der Waals surface area contributed by atoms with Gasteiger partial charge in [0.15, 0.2) is 5.11 Å². The number of nitrogens with zero attached hydrogens (tertiary/aromatic N) is 1. The lowest BCUT2D eigenvalue weighted by Crippen LogP contribution is -2.44. The quantitative estimate of drug-likeness (QED) is 0.604. The van der Waals surface area contributed by atoms with Crippen LogP contribution in [-0.2, 0) is 0 Å². The van der Waals surface area contributed by atoms with E-state index in [1.54, 1.807) is 0 Å². The first-order valence-corrected chi connectivity index (χ1v) is 7.02. The summed E-state index contributed by atoms with van der Waals surface area (Å²) in [7, 11) is 2.14. The van der Waals surface area contributed by atoms with Crippen LogP contribution in [0.5, 0.6) is 0 Å². The number of nitrogens with one attached hydrogen (secondary N) is 1. The molecular weight excluding hydrogens is 216 g/mol. The first kappa shape index (κ1) is 13.8. The molecule has 0 saturated heterocycles. The molecule has 0 heterocycles. The zero-order valence-electron chi connectivity index (χ0n) is 11.0. The normalized spacial score (nSPS) is 18.2. The summed E-state index contributed by atoms with van der Waals surface area (Å²) >= 11 is 5.43. The van der Waals surface area contributed by atoms with Gasteiger partial charge in [0.25, 0.3) is 0 Å². The fraction of sp³-hybridized carbons (Fsp3) is 0.923. The van der Waals surface area contributed by atoms with Crippen molar-refractivity contribution in [2.45, 2.75) is 58.4 Å². The van der Waals surface area contributed by atoms with E-state index in [0.717, 1.165) is 11.7 Å². The molecule has 1 N–H and O–H groups in total. The minimum atomic E-state index is 0.653. The van der Waals surface area contributed by atoms with Gasteiger partial charge < -0.3 is 10.2 Å². The molecule has 0 atom stereocenters. The van der Waals surface area contributed by atoms with E-state index in [1.807, 2.05) is 0 Å². The molecule has 0 radical (unpaired) electrons. The first-order chi connectivity index (χ1) is 7.61. The summed E-state index contributed by atoms with van der Waals surface area (Å²) in [5.74, 6) is 0.653. The van der Waals surface area contributed by atoms with Crippen molar-refractivity contribution in [2.24, 2.45) is 5.92 Å². The smallest absolute Gasteiger partial charge is 0.168 e. The lowest BCUT2D eigenvalue weighted by atomic mass is 10.1. The maximum atomic E-state index is 5.43. The van der Waals surface area contributed by atoms with E-state index in [9.17, 15) is 0 Å². The number of hydrogen-bond donors (Lipinski definition) is 1. The van der Waals surface area contributed by atoms with E-state index in [4.69, 9.17) is 12.2 Å². The number of hydrogen-bond acceptors (Lipinski definition) is 1. The molecule has 16 heavy (non-hydrogen) atoms. The number of thiocarbonyl (C=S) groups is 1. The van der Waals surface area contributed by atoms with Crippen molar-refractivity contribution in [3.8, 4) is 0 Å². The van der Waals surface area contributed by atoms with Crippen LogP contribution in [0.2, 0.25) is 0 Å². The maximum Gasteiger partial charge on any atom is 0.168 e. The summed E-state index contributed by atoms with van der Waals surface area (Å²) in [5, 5.41) is 4.29. The van der Waals surface area contributed by atoms with Crippen molar-refractivity contribution in [2.75, 3.05) is 13.6 Å². The van der Waals surface area contributed by atoms with Gasteiger partial charge in [-0.25, -0.2) is 0 Å². The van der Waals surface area contributed by atoms with Crippen LogP contribution in [0.25, 0.3) is 0 Å². The third-order valence-electron chi connectivity index (χ3n) is 3.35. The molecule has 1 fully saturated rings. The summed E-state index contributed by atoms with van der Waals surface area (Å²) in [6.07, 6.45) is 8.14. The van der Waals surface area contributed by atoms with Crippen LogP contribution in [0.3, 0.4) is 0 Å². The van der Waals surface area contributed by atoms with Crippen LogP contribution in [0.15, 0.2) is 0 Å². The fourth-order valence-electron chi connectivity index (χ4n) is 2.23. The molecule has 0 unspecified atom stereocenters. The zero-order chi connectivity index (χ0) is 12.0. The van der Waals surface area contributed by atoms with Gasteiger partial charge in [0, 0.05) is 19.6 Å². The third-order valence-corrected chi connectivity index (χ3v) is 3.79. The third kappa shape index (κ3) is 4.69. The summed E-state index contributed by atoms with van der Waals surface area (Å²) in [6, 6.07) is 0.662. The second-order valence-corrected chi connectivity index (χ2v) is 5.72. The van der Waals surface area contributed by atoms with Crippen molar-refractivity contribution >= 4 is 17.3 Å². The van der Waals surface area contributed by atoms with Crippen LogP contribution in [-0.4, -0.2) is 29.6 Å². The summed E-state index contributed by atoms with van der Waals surface area (Å²) < 4.78 is 0. The zero-order valence-corrected chi connectivity index (χ0v) is 11.8. The highest BCUT2D eigenvalue weighted by atomic mass is 32.1. The van der Waals surface area contributed by atoms with Gasteiger partial charge in [-0.1, -0.05) is 39.5 Å². The van der Waals surface area contributed by atoms with Crippen LogP contribution in [0.1, 0.15) is 52.4 Å². The van der Waals surface area contributed by atoms with Crippen LogP contribution >= 0.6 is 12.2 Å². The van der Waals surface area contributed by atoms with Gasteiger partial charge in [-0.3, -0.25) is 0 Å². The van der Waals surface area contributed by atoms with E-state index in [2.05, 4.69) is 31.1 Å². The molecule has 1 rings (SSSR count). The Morgan fingerprint density at radius 1 is 1.25 bits per heavy atom. The minimum absolute atomic E-state index is 0.653. The molecule has 0 aliphatic heterocycles. The predicted molar refractivity (Wildman–Crippen MR) is 74.7 cm³/mol. The standard InChI is InChI=1S/C13H26N2S/c1-11(2)10-14-13(16)15(3)12-8-6-4-5-7-9-12/h11-12H,4-10H2,1-3H3,(H,14,16). The Morgan fingerprint density at radius 3 is 2.31 bits per heavy atom. The van der Waals surface area contributed by atoms with Gasteiger partial charge in [0.1, 0.15) is 0 Å². The van der Waals surface area contributed by atoms with Crippen molar-refractivity contribution in [3.05, 3.63) is 0 Å². The van der Waals surface area contributed by atoms with Crippen LogP contribution in [0, 0.1) is 5.92 Å². The topological polar surface area (TPSA) is 15.3 Å². The lowest BCUT2D eigenvalue weighted by Gasteiger charge is -2.30. The summed E-state index contributed by atoms with van der Waals surface area (Å²) in [5.41, 5.74) is 0. The Kier molecular flexibility index (Phi) is 6.10. The van der Waals surface area contributed by atoms with Crippen molar-refractivity contribution < 1.29 is 0 Å². The highest BCUT2D eigenvalue weighted by molar-refractivity contribution is 7.80. The van der Waals surface area contributed by atoms with E-state index < -0.39 is 0 Å². The molecule has 2 nitrogen and oxygen atoms in total. The van der Waals surface area contributed by atoms with Gasteiger partial charge in [0.2, 0.25) is 0 Å². The molecule has 0 aromatic carbocycles. The molecule has 1 aliphatic rings. The number of rotatable bonds is 3. The average Bonchev–Trinajstić information content (AvgIpc) is 2.53. The van der Waals surface area contributed by atoms with Gasteiger partial charge in [0.05, 0.1) is 0 Å². The lowest BCUT2D eigenvalue weighted by molar-refractivity contribution is 0.325. The molecule has 0 aromatic rings. The Morgan fingerprint density at radius 2 is 1.81 bits per heavy atom. The van der Waals surface area contributed by atoms with Crippen molar-refractivity contribution in [1.29, 1.82) is 0 Å². The van der Waals surface area contributed by atoms with E-state index in [-0.39, 0.29) is 0 Å². The minimum Gasteiger partial charge on any atom is -0.362 e. The molecule has 1 saturated carbocycles. The fourth-order valence-corrected chi connectivity index (χ4v) is 2.46. The van der Waals surface area contributed by atoms with E-state index in [1.165, 1.54) is 38.5 Å². The van der Waals surface area contributed by atoms with E-state index >= 15 is 0 Å². The highest BCUT2D eigenvalue weighted by Crippen LogP contribution is 2.21. The molecule has 0 bridgehead atoms. The van der Waals surface area contributed by atoms with Crippen LogP contribution < -0.4 is 5.32 Å². The second-order valence-electron chi connectivity index (χ2n) is 5.34. The monoisotopic (exact) mass is 242 g/mol. The molecule has 94 valence electrons. The second kappa shape index (κ2) is 7.10. The van der Waals surface area contributed by atoms with Crippen LogP contribution in [0.4, 0.5) is 0 Å². The molecule has 1 aliphatic carbocycles. The average molecular weight is 242 g/mol. The largest absolute Gasteiger partial charge is 0.362 e. The van der Waals surface area contributed by atoms with Crippen molar-refractivity contribution in [1.82, 2.24) is 10.2 Å². The van der Waals surface area contributed by atoms with Crippen molar-refractivity contribution in [3.63, 3.8) is 0 Å². The molecule has 3 heteroatoms. The Hall–Kier alpha value is -0.310. The first-order valence-electron chi connectivity index (χ1n) is 6.62. The Balaban J connectivity index is 2.35. The molecule has 0 spiro atoms. The summed E-state index contributed by atoms with van der Waals surface area (Å²) in [6.45, 7) is 5.40. The maximum absolute atomic E-state index is 5.43.